The highest BCUT2D eigenvalue weighted by atomic mass is 19.1. The average molecular weight is 344 g/mol. The molecule has 1 atom stereocenters. The molecule has 2 aromatic carbocycles. The van der Waals surface area contributed by atoms with Crippen molar-refractivity contribution in [3.63, 3.8) is 0 Å². The van der Waals surface area contributed by atoms with Crippen molar-refractivity contribution in [1.29, 1.82) is 0 Å². The predicted molar refractivity (Wildman–Crippen MR) is 90.5 cm³/mol. The SMILES string of the molecule is COc1cc2ncn(CC(O)c3ccc(F)cc3)c(=O)c2cc1OC. The van der Waals surface area contributed by atoms with Gasteiger partial charge < -0.3 is 14.6 Å². The molecular weight excluding hydrogens is 327 g/mol. The van der Waals surface area contributed by atoms with E-state index in [1.165, 1.54) is 49.4 Å². The Kier molecular flexibility index (Phi) is 4.67. The normalized spacial score (nSPS) is 12.2. The van der Waals surface area contributed by atoms with E-state index in [0.29, 0.717) is 28.0 Å². The minimum Gasteiger partial charge on any atom is -0.493 e. The number of rotatable bonds is 5. The van der Waals surface area contributed by atoms with E-state index in [2.05, 4.69) is 4.98 Å². The second-order valence-corrected chi connectivity index (χ2v) is 5.49. The largest absolute Gasteiger partial charge is 0.493 e. The van der Waals surface area contributed by atoms with E-state index in [9.17, 15) is 14.3 Å². The number of nitrogens with zero attached hydrogens (tertiary/aromatic N) is 2. The van der Waals surface area contributed by atoms with Gasteiger partial charge in [-0.25, -0.2) is 9.37 Å². The van der Waals surface area contributed by atoms with Crippen LogP contribution in [0.2, 0.25) is 0 Å². The number of aliphatic hydroxyl groups excluding tert-OH is 1. The fourth-order valence-corrected chi connectivity index (χ4v) is 2.59. The maximum Gasteiger partial charge on any atom is 0.261 e. The van der Waals surface area contributed by atoms with Crippen LogP contribution >= 0.6 is 0 Å². The van der Waals surface area contributed by atoms with E-state index < -0.39 is 6.10 Å². The molecule has 1 aromatic heterocycles. The number of benzene rings is 2. The Balaban J connectivity index is 1.98. The molecule has 0 saturated carbocycles. The number of ether oxygens (including phenoxy) is 2. The van der Waals surface area contributed by atoms with Crippen LogP contribution in [-0.2, 0) is 6.54 Å². The first-order chi connectivity index (χ1) is 12.0. The number of fused-ring (bicyclic) bond motifs is 1. The summed E-state index contributed by atoms with van der Waals surface area (Å²) in [6.45, 7) is 0.00174. The summed E-state index contributed by atoms with van der Waals surface area (Å²) in [5.74, 6) is 0.512. The van der Waals surface area contributed by atoms with E-state index in [4.69, 9.17) is 9.47 Å². The van der Waals surface area contributed by atoms with Crippen molar-refractivity contribution in [2.45, 2.75) is 12.6 Å². The Labute approximate surface area is 143 Å². The third-order valence-corrected chi connectivity index (χ3v) is 3.95. The number of halogens is 1. The third kappa shape index (κ3) is 3.32. The fraction of sp³-hybridized carbons (Fsp3) is 0.222. The van der Waals surface area contributed by atoms with Gasteiger partial charge in [-0.2, -0.15) is 0 Å². The average Bonchev–Trinajstić information content (AvgIpc) is 2.63. The van der Waals surface area contributed by atoms with Gasteiger partial charge in [0, 0.05) is 6.07 Å². The van der Waals surface area contributed by atoms with E-state index in [1.54, 1.807) is 12.1 Å². The van der Waals surface area contributed by atoms with Crippen molar-refractivity contribution >= 4 is 10.9 Å². The lowest BCUT2D eigenvalue weighted by molar-refractivity contribution is 0.155. The standard InChI is InChI=1S/C18H17FN2O4/c1-24-16-7-13-14(8-17(16)25-2)20-10-21(18(13)23)9-15(22)11-3-5-12(19)6-4-11/h3-8,10,15,22H,9H2,1-2H3. The number of methoxy groups -OCH3 is 2. The number of hydrogen-bond acceptors (Lipinski definition) is 5. The first-order valence-electron chi connectivity index (χ1n) is 7.58. The van der Waals surface area contributed by atoms with E-state index in [0.717, 1.165) is 0 Å². The molecule has 25 heavy (non-hydrogen) atoms. The van der Waals surface area contributed by atoms with Gasteiger partial charge in [-0.3, -0.25) is 9.36 Å². The van der Waals surface area contributed by atoms with Gasteiger partial charge in [-0.15, -0.1) is 0 Å². The summed E-state index contributed by atoms with van der Waals surface area (Å²) in [5.41, 5.74) is 0.669. The summed E-state index contributed by atoms with van der Waals surface area (Å²) in [4.78, 5) is 16.9. The topological polar surface area (TPSA) is 73.6 Å². The molecule has 3 aromatic rings. The van der Waals surface area contributed by atoms with Gasteiger partial charge in [0.15, 0.2) is 11.5 Å². The van der Waals surface area contributed by atoms with Crippen LogP contribution in [0, 0.1) is 5.82 Å². The lowest BCUT2D eigenvalue weighted by Crippen LogP contribution is -2.23. The van der Waals surface area contributed by atoms with Crippen LogP contribution < -0.4 is 15.0 Å². The molecule has 0 aliphatic rings. The molecule has 0 fully saturated rings. The van der Waals surface area contributed by atoms with E-state index in [1.807, 2.05) is 0 Å². The zero-order chi connectivity index (χ0) is 18.0. The Hall–Kier alpha value is -2.93. The summed E-state index contributed by atoms with van der Waals surface area (Å²) >= 11 is 0. The molecule has 1 unspecified atom stereocenters. The molecule has 0 spiro atoms. The van der Waals surface area contributed by atoms with Gasteiger partial charge in [0.1, 0.15) is 5.82 Å². The van der Waals surface area contributed by atoms with Crippen molar-refractivity contribution in [2.75, 3.05) is 14.2 Å². The fourth-order valence-electron chi connectivity index (χ4n) is 2.59. The Morgan fingerprint density at radius 3 is 2.44 bits per heavy atom. The summed E-state index contributed by atoms with van der Waals surface area (Å²) in [7, 11) is 2.99. The second-order valence-electron chi connectivity index (χ2n) is 5.49. The summed E-state index contributed by atoms with van der Waals surface area (Å²) < 4.78 is 24.7. The highest BCUT2D eigenvalue weighted by Gasteiger charge is 2.14. The molecule has 0 aliphatic heterocycles. The van der Waals surface area contributed by atoms with Crippen LogP contribution in [0.1, 0.15) is 11.7 Å². The van der Waals surface area contributed by atoms with Crippen LogP contribution in [0.4, 0.5) is 4.39 Å². The van der Waals surface area contributed by atoms with Crippen molar-refractivity contribution in [1.82, 2.24) is 9.55 Å². The number of aromatic nitrogens is 2. The molecule has 0 aliphatic carbocycles. The lowest BCUT2D eigenvalue weighted by atomic mass is 10.1. The molecule has 130 valence electrons. The first kappa shape index (κ1) is 16.9. The maximum absolute atomic E-state index is 13.0. The molecule has 3 rings (SSSR count). The molecular formula is C18H17FN2O4. The van der Waals surface area contributed by atoms with Crippen molar-refractivity contribution in [3.05, 3.63) is 64.5 Å². The van der Waals surface area contributed by atoms with Gasteiger partial charge >= 0.3 is 0 Å². The molecule has 6 nitrogen and oxygen atoms in total. The van der Waals surface area contributed by atoms with Crippen molar-refractivity contribution < 1.29 is 19.0 Å². The minimum absolute atomic E-state index is 0.00174. The summed E-state index contributed by atoms with van der Waals surface area (Å²) in [5, 5.41) is 10.6. The Morgan fingerprint density at radius 1 is 1.16 bits per heavy atom. The molecule has 0 saturated heterocycles. The summed E-state index contributed by atoms with van der Waals surface area (Å²) in [6.07, 6.45) is 0.404. The van der Waals surface area contributed by atoms with Crippen LogP contribution in [0.15, 0.2) is 47.5 Å². The van der Waals surface area contributed by atoms with Gasteiger partial charge in [-0.05, 0) is 23.8 Å². The lowest BCUT2D eigenvalue weighted by Gasteiger charge is -2.14. The summed E-state index contributed by atoms with van der Waals surface area (Å²) in [6, 6.07) is 8.66. The predicted octanol–water partition coefficient (Wildman–Crippen LogP) is 2.29. The van der Waals surface area contributed by atoms with Crippen molar-refractivity contribution in [2.24, 2.45) is 0 Å². The number of hydrogen-bond donors (Lipinski definition) is 1. The van der Waals surface area contributed by atoms with Crippen LogP contribution in [0.5, 0.6) is 11.5 Å². The quantitative estimate of drug-likeness (QED) is 0.769. The minimum atomic E-state index is -0.960. The maximum atomic E-state index is 13.0. The third-order valence-electron chi connectivity index (χ3n) is 3.95. The highest BCUT2D eigenvalue weighted by molar-refractivity contribution is 5.81. The molecule has 0 radical (unpaired) electrons. The van der Waals surface area contributed by atoms with Crippen LogP contribution in [0.25, 0.3) is 10.9 Å². The first-order valence-corrected chi connectivity index (χ1v) is 7.58. The zero-order valence-electron chi connectivity index (χ0n) is 13.8. The second kappa shape index (κ2) is 6.90. The monoisotopic (exact) mass is 344 g/mol. The molecule has 7 heteroatoms. The van der Waals surface area contributed by atoms with Gasteiger partial charge in [-0.1, -0.05) is 12.1 Å². The van der Waals surface area contributed by atoms with E-state index >= 15 is 0 Å². The highest BCUT2D eigenvalue weighted by Crippen LogP contribution is 2.29. The van der Waals surface area contributed by atoms with Gasteiger partial charge in [0.2, 0.25) is 0 Å². The smallest absolute Gasteiger partial charge is 0.261 e. The molecule has 0 amide bonds. The molecule has 1 heterocycles. The Bertz CT molecular complexity index is 954. The van der Waals surface area contributed by atoms with Crippen LogP contribution in [-0.4, -0.2) is 28.9 Å². The van der Waals surface area contributed by atoms with E-state index in [-0.39, 0.29) is 17.9 Å². The molecule has 0 bridgehead atoms. The van der Waals surface area contributed by atoms with Crippen LogP contribution in [0.3, 0.4) is 0 Å². The van der Waals surface area contributed by atoms with Gasteiger partial charge in [0.25, 0.3) is 5.56 Å². The Morgan fingerprint density at radius 2 is 1.80 bits per heavy atom. The van der Waals surface area contributed by atoms with Crippen molar-refractivity contribution in [3.8, 4) is 11.5 Å². The number of aliphatic hydroxyl groups is 1. The van der Waals surface area contributed by atoms with Gasteiger partial charge in [0.05, 0.1) is 44.1 Å². The molecule has 1 N–H and O–H groups in total. The zero-order valence-corrected chi connectivity index (χ0v) is 13.8.